The lowest BCUT2D eigenvalue weighted by atomic mass is 9.53. The summed E-state index contributed by atoms with van der Waals surface area (Å²) in [6.45, 7) is 2.54. The van der Waals surface area contributed by atoms with E-state index < -0.39 is 35.3 Å². The molecule has 2 aromatic rings. The zero-order chi connectivity index (χ0) is 24.6. The van der Waals surface area contributed by atoms with Crippen LogP contribution in [0.25, 0.3) is 0 Å². The van der Waals surface area contributed by atoms with Crippen LogP contribution >= 0.6 is 0 Å². The van der Waals surface area contributed by atoms with Crippen LogP contribution in [-0.2, 0) is 38.8 Å². The molecule has 5 rings (SSSR count). The molecule has 1 amide bonds. The van der Waals surface area contributed by atoms with Crippen LogP contribution in [0.1, 0.15) is 42.0 Å². The fourth-order valence-electron chi connectivity index (χ4n) is 5.15. The third-order valence-electron chi connectivity index (χ3n) is 6.45. The van der Waals surface area contributed by atoms with Crippen LogP contribution in [0.15, 0.2) is 59.7 Å². The van der Waals surface area contributed by atoms with Crippen molar-refractivity contribution in [3.05, 3.63) is 81.9 Å². The van der Waals surface area contributed by atoms with E-state index in [1.165, 1.54) is 28.1 Å². The maximum Gasteiger partial charge on any atom is 0.335 e. The second-order valence-corrected chi connectivity index (χ2v) is 8.31. The van der Waals surface area contributed by atoms with Gasteiger partial charge in [0.15, 0.2) is 0 Å². The molecule has 3 aliphatic carbocycles. The van der Waals surface area contributed by atoms with Crippen LogP contribution in [0.4, 0.5) is 0 Å². The first-order chi connectivity index (χ1) is 16.3. The average molecular weight is 463 g/mol. The quantitative estimate of drug-likeness (QED) is 0.517. The van der Waals surface area contributed by atoms with E-state index in [1.807, 2.05) is 48.5 Å². The molecule has 1 atom stereocenters. The number of esters is 3. The van der Waals surface area contributed by atoms with Crippen molar-refractivity contribution in [1.29, 1.82) is 0 Å². The molecule has 2 aromatic carbocycles. The van der Waals surface area contributed by atoms with Crippen LogP contribution in [0.3, 0.4) is 0 Å². The van der Waals surface area contributed by atoms with Crippen LogP contribution < -0.4 is 5.32 Å². The van der Waals surface area contributed by atoms with Gasteiger partial charge in [0.1, 0.15) is 12.6 Å². The van der Waals surface area contributed by atoms with Crippen molar-refractivity contribution in [3.8, 4) is 0 Å². The highest BCUT2D eigenvalue weighted by atomic mass is 16.5. The normalized spacial score (nSPS) is 20.5. The molecule has 0 radical (unpaired) electrons. The van der Waals surface area contributed by atoms with E-state index in [4.69, 9.17) is 14.2 Å². The van der Waals surface area contributed by atoms with Gasteiger partial charge in [-0.2, -0.15) is 0 Å². The van der Waals surface area contributed by atoms with E-state index >= 15 is 0 Å². The highest BCUT2D eigenvalue weighted by Gasteiger charge is 2.58. The monoisotopic (exact) mass is 463 g/mol. The zero-order valence-corrected chi connectivity index (χ0v) is 19.3. The van der Waals surface area contributed by atoms with Gasteiger partial charge in [-0.1, -0.05) is 48.5 Å². The minimum absolute atomic E-state index is 0.0873. The Bertz CT molecular complexity index is 1180. The predicted molar refractivity (Wildman–Crippen MR) is 121 cm³/mol. The van der Waals surface area contributed by atoms with Crippen molar-refractivity contribution in [3.63, 3.8) is 0 Å². The summed E-state index contributed by atoms with van der Waals surface area (Å²) in [5.74, 6) is -2.95. The Labute approximate surface area is 196 Å². The topological polar surface area (TPSA) is 108 Å². The molecule has 0 spiro atoms. The molecule has 3 aliphatic rings. The number of amides is 1. The first-order valence-corrected chi connectivity index (χ1v) is 10.8. The van der Waals surface area contributed by atoms with Gasteiger partial charge in [0.2, 0.25) is 5.91 Å². The summed E-state index contributed by atoms with van der Waals surface area (Å²) in [5, 5.41) is 2.50. The van der Waals surface area contributed by atoms with Crippen molar-refractivity contribution >= 4 is 23.8 Å². The highest BCUT2D eigenvalue weighted by molar-refractivity contribution is 6.07. The Morgan fingerprint density at radius 2 is 1.44 bits per heavy atom. The Morgan fingerprint density at radius 3 is 1.94 bits per heavy atom. The molecule has 2 bridgehead atoms. The van der Waals surface area contributed by atoms with Crippen molar-refractivity contribution in [1.82, 2.24) is 5.32 Å². The summed E-state index contributed by atoms with van der Waals surface area (Å²) >= 11 is 0. The summed E-state index contributed by atoms with van der Waals surface area (Å²) in [6, 6.07) is 14.0. The summed E-state index contributed by atoms with van der Waals surface area (Å²) in [4.78, 5) is 50.5. The van der Waals surface area contributed by atoms with Gasteiger partial charge in [0.05, 0.1) is 30.8 Å². The van der Waals surface area contributed by atoms with Gasteiger partial charge < -0.3 is 19.5 Å². The molecule has 0 heterocycles. The number of rotatable bonds is 6. The Morgan fingerprint density at radius 1 is 0.912 bits per heavy atom. The van der Waals surface area contributed by atoms with Crippen LogP contribution in [0, 0.1) is 0 Å². The lowest BCUT2D eigenvalue weighted by molar-refractivity contribution is -0.149. The molecule has 0 aliphatic heterocycles. The number of benzene rings is 2. The third-order valence-corrected chi connectivity index (χ3v) is 6.45. The average Bonchev–Trinajstić information content (AvgIpc) is 2.85. The van der Waals surface area contributed by atoms with E-state index in [9.17, 15) is 19.2 Å². The largest absolute Gasteiger partial charge is 0.466 e. The van der Waals surface area contributed by atoms with E-state index in [0.717, 1.165) is 22.3 Å². The maximum absolute atomic E-state index is 13.3. The fourth-order valence-corrected chi connectivity index (χ4v) is 5.15. The van der Waals surface area contributed by atoms with Gasteiger partial charge in [0.25, 0.3) is 0 Å². The van der Waals surface area contributed by atoms with E-state index in [2.05, 4.69) is 5.32 Å². The molecular weight excluding hydrogens is 438 g/mol. The van der Waals surface area contributed by atoms with Crippen molar-refractivity contribution in [2.24, 2.45) is 0 Å². The third kappa shape index (κ3) is 3.37. The second kappa shape index (κ2) is 8.78. The number of hydrogen-bond donors (Lipinski definition) is 1. The fraction of sp³-hybridized carbons (Fsp3) is 0.308. The standard InChI is InChI=1S/C26H25NO7/c1-14(27-15(2)28)23(29)34-13-26-18-11-7-5-9-16(18)20(17-10-6-8-12-19(17)26)21(24(30)32-3)22(26)25(31)33-4/h5-12,14,20H,13H2,1-4H3,(H,27,28)/t14-,20?,26?/m0/s1. The minimum Gasteiger partial charge on any atom is -0.466 e. The maximum atomic E-state index is 13.3. The number of carbonyl (C=O) groups excluding carboxylic acids is 4. The molecule has 0 saturated carbocycles. The molecular formula is C26H25NO7. The van der Waals surface area contributed by atoms with Gasteiger partial charge in [-0.3, -0.25) is 4.79 Å². The number of nitrogens with one attached hydrogen (secondary N) is 1. The van der Waals surface area contributed by atoms with Gasteiger partial charge in [-0.05, 0) is 29.2 Å². The van der Waals surface area contributed by atoms with E-state index in [1.54, 1.807) is 0 Å². The molecule has 0 unspecified atom stereocenters. The number of hydrogen-bond acceptors (Lipinski definition) is 7. The van der Waals surface area contributed by atoms with Crippen LogP contribution in [0.5, 0.6) is 0 Å². The number of ether oxygens (including phenoxy) is 3. The van der Waals surface area contributed by atoms with Gasteiger partial charge in [0, 0.05) is 12.8 Å². The van der Waals surface area contributed by atoms with Crippen LogP contribution in [-0.4, -0.2) is 50.7 Å². The predicted octanol–water partition coefficient (Wildman–Crippen LogP) is 2.14. The summed E-state index contributed by atoms with van der Waals surface area (Å²) < 4.78 is 15.9. The smallest absolute Gasteiger partial charge is 0.335 e. The molecule has 0 aromatic heterocycles. The Balaban J connectivity index is 1.97. The Hall–Kier alpha value is -3.94. The minimum atomic E-state index is -1.30. The van der Waals surface area contributed by atoms with E-state index in [-0.39, 0.29) is 23.7 Å². The molecule has 0 saturated heterocycles. The Kier molecular flexibility index (Phi) is 6.00. The van der Waals surface area contributed by atoms with Crippen molar-refractivity contribution < 1.29 is 33.4 Å². The molecule has 8 nitrogen and oxygen atoms in total. The summed E-state index contributed by atoms with van der Waals surface area (Å²) in [7, 11) is 2.50. The second-order valence-electron chi connectivity index (χ2n) is 8.31. The van der Waals surface area contributed by atoms with Crippen molar-refractivity contribution in [2.75, 3.05) is 20.8 Å². The number of carbonyl (C=O) groups is 4. The van der Waals surface area contributed by atoms with Gasteiger partial charge in [-0.25, -0.2) is 14.4 Å². The lowest BCUT2D eigenvalue weighted by Gasteiger charge is -2.49. The summed E-state index contributed by atoms with van der Waals surface area (Å²) in [5.41, 5.74) is 2.07. The highest BCUT2D eigenvalue weighted by Crippen LogP contribution is 2.59. The number of methoxy groups -OCH3 is 2. The lowest BCUT2D eigenvalue weighted by Crippen LogP contribution is -2.50. The first-order valence-electron chi connectivity index (χ1n) is 10.8. The molecule has 8 heteroatoms. The molecule has 176 valence electrons. The first kappa shape index (κ1) is 23.2. The van der Waals surface area contributed by atoms with Crippen LogP contribution in [0.2, 0.25) is 0 Å². The molecule has 1 N–H and O–H groups in total. The van der Waals surface area contributed by atoms with Gasteiger partial charge >= 0.3 is 17.9 Å². The molecule has 34 heavy (non-hydrogen) atoms. The summed E-state index contributed by atoms with van der Waals surface area (Å²) in [6.07, 6.45) is 0. The molecule has 0 fully saturated rings. The van der Waals surface area contributed by atoms with E-state index in [0.29, 0.717) is 0 Å². The van der Waals surface area contributed by atoms with Gasteiger partial charge in [-0.15, -0.1) is 0 Å². The van der Waals surface area contributed by atoms with Crippen molar-refractivity contribution in [2.45, 2.75) is 31.2 Å². The zero-order valence-electron chi connectivity index (χ0n) is 19.3. The SMILES string of the molecule is COC(=O)C1=C(C(=O)OC)C2(COC(=O)[C@H](C)NC(C)=O)c3ccccc3C1c1ccccc12.